The van der Waals surface area contributed by atoms with E-state index >= 15 is 0 Å². The molecule has 2 N–H and O–H groups in total. The van der Waals surface area contributed by atoms with Crippen molar-refractivity contribution in [2.24, 2.45) is 0 Å². The highest BCUT2D eigenvalue weighted by Crippen LogP contribution is 2.25. The van der Waals surface area contributed by atoms with Gasteiger partial charge in [-0.25, -0.2) is 9.97 Å². The lowest BCUT2D eigenvalue weighted by Crippen LogP contribution is -2.33. The number of nitrogens with one attached hydrogen (secondary N) is 2. The molecule has 0 radical (unpaired) electrons. The maximum absolute atomic E-state index is 12.4. The molecule has 144 valence electrons. The first kappa shape index (κ1) is 18.5. The minimum Gasteiger partial charge on any atom is -0.351 e. The Hall–Kier alpha value is -2.84. The number of anilines is 2. The third-order valence-corrected chi connectivity index (χ3v) is 5.36. The minimum atomic E-state index is -0.0852. The summed E-state index contributed by atoms with van der Waals surface area (Å²) < 4.78 is 0. The van der Waals surface area contributed by atoms with Crippen LogP contribution < -0.4 is 10.6 Å². The van der Waals surface area contributed by atoms with Gasteiger partial charge in [0.2, 0.25) is 0 Å². The van der Waals surface area contributed by atoms with Gasteiger partial charge in [-0.05, 0) is 50.2 Å². The van der Waals surface area contributed by atoms with Gasteiger partial charge >= 0.3 is 0 Å². The Balaban J connectivity index is 1.35. The van der Waals surface area contributed by atoms with Crippen molar-refractivity contribution < 1.29 is 4.79 Å². The second-order valence-electron chi connectivity index (χ2n) is 6.61. The Morgan fingerprint density at radius 3 is 2.82 bits per heavy atom. The van der Waals surface area contributed by atoms with Crippen LogP contribution in [0.2, 0.25) is 0 Å². The van der Waals surface area contributed by atoms with Crippen molar-refractivity contribution in [2.75, 3.05) is 31.5 Å². The minimum absolute atomic E-state index is 0.0852. The summed E-state index contributed by atoms with van der Waals surface area (Å²) in [4.78, 5) is 27.9. The zero-order chi connectivity index (χ0) is 19.2. The molecule has 4 rings (SSSR count). The standard InChI is InChI=1S/C20H22N6OS/c27-19(23-9-12-26-10-3-4-11-26)15-6-8-22-18(13-15)25-20-24-17(14-28-20)16-5-1-2-7-21-16/h1-2,5-8,13-14H,3-4,9-12H2,(H,23,27)(H,22,24,25). The molecule has 1 aliphatic heterocycles. The van der Waals surface area contributed by atoms with Crippen molar-refractivity contribution >= 4 is 28.2 Å². The van der Waals surface area contributed by atoms with E-state index in [4.69, 9.17) is 0 Å². The molecular formula is C20H22N6OS. The van der Waals surface area contributed by atoms with E-state index in [1.807, 2.05) is 23.6 Å². The predicted molar refractivity (Wildman–Crippen MR) is 111 cm³/mol. The summed E-state index contributed by atoms with van der Waals surface area (Å²) in [6.45, 7) is 3.82. The first-order valence-corrected chi connectivity index (χ1v) is 10.3. The number of pyridine rings is 2. The fraction of sp³-hybridized carbons (Fsp3) is 0.300. The summed E-state index contributed by atoms with van der Waals surface area (Å²) >= 11 is 1.47. The molecule has 8 heteroatoms. The van der Waals surface area contributed by atoms with E-state index in [-0.39, 0.29) is 5.91 Å². The number of nitrogens with zero attached hydrogens (tertiary/aromatic N) is 4. The number of hydrogen-bond donors (Lipinski definition) is 2. The van der Waals surface area contributed by atoms with E-state index in [0.29, 0.717) is 23.1 Å². The van der Waals surface area contributed by atoms with Crippen LogP contribution in [0.15, 0.2) is 48.1 Å². The molecule has 0 atom stereocenters. The molecule has 7 nitrogen and oxygen atoms in total. The van der Waals surface area contributed by atoms with E-state index in [2.05, 4.69) is 30.5 Å². The topological polar surface area (TPSA) is 83.0 Å². The van der Waals surface area contributed by atoms with Gasteiger partial charge in [0.1, 0.15) is 11.5 Å². The largest absolute Gasteiger partial charge is 0.351 e. The van der Waals surface area contributed by atoms with Gasteiger partial charge in [0, 0.05) is 36.4 Å². The van der Waals surface area contributed by atoms with E-state index in [1.165, 1.54) is 24.2 Å². The third-order valence-electron chi connectivity index (χ3n) is 4.60. The first-order valence-electron chi connectivity index (χ1n) is 9.38. The average Bonchev–Trinajstić information content (AvgIpc) is 3.41. The lowest BCUT2D eigenvalue weighted by molar-refractivity contribution is 0.0949. The number of rotatable bonds is 7. The van der Waals surface area contributed by atoms with Gasteiger partial charge < -0.3 is 15.5 Å². The predicted octanol–water partition coefficient (Wildman–Crippen LogP) is 3.17. The van der Waals surface area contributed by atoms with Crippen molar-refractivity contribution in [1.82, 2.24) is 25.2 Å². The van der Waals surface area contributed by atoms with E-state index in [1.54, 1.807) is 24.5 Å². The van der Waals surface area contributed by atoms with Crippen LogP contribution in [0.25, 0.3) is 11.4 Å². The van der Waals surface area contributed by atoms with Crippen molar-refractivity contribution in [3.8, 4) is 11.4 Å². The lowest BCUT2D eigenvalue weighted by Gasteiger charge is -2.14. The highest BCUT2D eigenvalue weighted by molar-refractivity contribution is 7.14. The quantitative estimate of drug-likeness (QED) is 0.640. The average molecular weight is 395 g/mol. The Morgan fingerprint density at radius 1 is 1.11 bits per heavy atom. The zero-order valence-electron chi connectivity index (χ0n) is 15.5. The maximum atomic E-state index is 12.4. The second-order valence-corrected chi connectivity index (χ2v) is 7.47. The van der Waals surface area contributed by atoms with Gasteiger partial charge in [0.05, 0.1) is 5.69 Å². The number of carbonyl (C=O) groups excluding carboxylic acids is 1. The van der Waals surface area contributed by atoms with Crippen LogP contribution >= 0.6 is 11.3 Å². The number of amides is 1. The van der Waals surface area contributed by atoms with Crippen molar-refractivity contribution in [2.45, 2.75) is 12.8 Å². The summed E-state index contributed by atoms with van der Waals surface area (Å²) in [5, 5.41) is 8.81. The Morgan fingerprint density at radius 2 is 2.00 bits per heavy atom. The summed E-state index contributed by atoms with van der Waals surface area (Å²) in [7, 11) is 0. The number of likely N-dealkylation sites (tertiary alicyclic amines) is 1. The van der Waals surface area contributed by atoms with Gasteiger partial charge in [-0.1, -0.05) is 6.07 Å². The molecular weight excluding hydrogens is 372 g/mol. The Bertz CT molecular complexity index is 923. The van der Waals surface area contributed by atoms with Crippen molar-refractivity contribution in [1.29, 1.82) is 0 Å². The number of thiazole rings is 1. The van der Waals surface area contributed by atoms with Crippen LogP contribution in [-0.4, -0.2) is 51.9 Å². The molecule has 0 aliphatic carbocycles. The summed E-state index contributed by atoms with van der Waals surface area (Å²) in [6.07, 6.45) is 5.89. The van der Waals surface area contributed by atoms with Crippen LogP contribution in [0.5, 0.6) is 0 Å². The van der Waals surface area contributed by atoms with Gasteiger partial charge in [-0.3, -0.25) is 9.78 Å². The summed E-state index contributed by atoms with van der Waals surface area (Å²) in [5.41, 5.74) is 2.22. The van der Waals surface area contributed by atoms with Crippen LogP contribution in [0.1, 0.15) is 23.2 Å². The fourth-order valence-corrected chi connectivity index (χ4v) is 3.86. The highest BCUT2D eigenvalue weighted by Gasteiger charge is 2.12. The van der Waals surface area contributed by atoms with Gasteiger partial charge in [-0.15, -0.1) is 11.3 Å². The third kappa shape index (κ3) is 4.71. The van der Waals surface area contributed by atoms with Crippen LogP contribution in [0.3, 0.4) is 0 Å². The van der Waals surface area contributed by atoms with Crippen molar-refractivity contribution in [3.05, 3.63) is 53.7 Å². The van der Waals surface area contributed by atoms with Crippen molar-refractivity contribution in [3.63, 3.8) is 0 Å². The molecule has 1 fully saturated rings. The monoisotopic (exact) mass is 394 g/mol. The molecule has 1 aliphatic rings. The smallest absolute Gasteiger partial charge is 0.251 e. The molecule has 4 heterocycles. The molecule has 28 heavy (non-hydrogen) atoms. The summed E-state index contributed by atoms with van der Waals surface area (Å²) in [5.74, 6) is 0.507. The number of hydrogen-bond acceptors (Lipinski definition) is 7. The van der Waals surface area contributed by atoms with E-state index in [0.717, 1.165) is 31.0 Å². The molecule has 1 saturated heterocycles. The van der Waals surface area contributed by atoms with Crippen LogP contribution in [-0.2, 0) is 0 Å². The molecule has 1 amide bonds. The molecule has 0 saturated carbocycles. The molecule has 0 aromatic carbocycles. The van der Waals surface area contributed by atoms with Crippen LogP contribution in [0, 0.1) is 0 Å². The lowest BCUT2D eigenvalue weighted by atomic mass is 10.2. The van der Waals surface area contributed by atoms with E-state index in [9.17, 15) is 4.79 Å². The Labute approximate surface area is 167 Å². The highest BCUT2D eigenvalue weighted by atomic mass is 32.1. The molecule has 3 aromatic rings. The fourth-order valence-electron chi connectivity index (χ4n) is 3.15. The van der Waals surface area contributed by atoms with Gasteiger partial charge in [-0.2, -0.15) is 0 Å². The Kier molecular flexibility index (Phi) is 5.89. The van der Waals surface area contributed by atoms with Gasteiger partial charge in [0.25, 0.3) is 5.91 Å². The second kappa shape index (κ2) is 8.90. The van der Waals surface area contributed by atoms with E-state index < -0.39 is 0 Å². The zero-order valence-corrected chi connectivity index (χ0v) is 16.3. The van der Waals surface area contributed by atoms with Crippen LogP contribution in [0.4, 0.5) is 10.9 Å². The first-order chi connectivity index (χ1) is 13.8. The number of carbonyl (C=O) groups is 1. The molecule has 0 unspecified atom stereocenters. The van der Waals surface area contributed by atoms with Gasteiger partial charge in [0.15, 0.2) is 5.13 Å². The summed E-state index contributed by atoms with van der Waals surface area (Å²) in [6, 6.07) is 9.19. The normalized spacial score (nSPS) is 14.1. The SMILES string of the molecule is O=C(NCCN1CCCC1)c1ccnc(Nc2nc(-c3ccccn3)cs2)c1. The maximum Gasteiger partial charge on any atom is 0.251 e. The molecule has 3 aromatic heterocycles. The number of aromatic nitrogens is 3. The molecule has 0 bridgehead atoms. The molecule has 0 spiro atoms.